The molecule has 0 saturated carbocycles. The van der Waals surface area contributed by atoms with Gasteiger partial charge in [-0.15, -0.1) is 0 Å². The van der Waals surface area contributed by atoms with Gasteiger partial charge < -0.3 is 4.90 Å². The molecule has 0 amide bonds. The summed E-state index contributed by atoms with van der Waals surface area (Å²) in [5.41, 5.74) is 1.63. The van der Waals surface area contributed by atoms with E-state index in [9.17, 15) is 4.79 Å². The van der Waals surface area contributed by atoms with Gasteiger partial charge in [0.15, 0.2) is 5.82 Å². The summed E-state index contributed by atoms with van der Waals surface area (Å²) in [5.74, 6) is 1.55. The van der Waals surface area contributed by atoms with Crippen molar-refractivity contribution in [1.82, 2.24) is 39.4 Å². The van der Waals surface area contributed by atoms with Crippen LogP contribution >= 0.6 is 0 Å². The second kappa shape index (κ2) is 9.06. The molecule has 0 unspecified atom stereocenters. The van der Waals surface area contributed by atoms with E-state index in [2.05, 4.69) is 30.0 Å². The minimum absolute atomic E-state index is 0.0906. The monoisotopic (exact) mass is 429 g/mol. The normalized spacial score (nSPS) is 14.6. The van der Waals surface area contributed by atoms with Crippen LogP contribution in [0.25, 0.3) is 17.1 Å². The fourth-order valence-corrected chi connectivity index (χ4v) is 3.74. The molecule has 1 aliphatic heterocycles. The number of pyridine rings is 1. The van der Waals surface area contributed by atoms with Crippen LogP contribution in [-0.4, -0.2) is 72.1 Å². The van der Waals surface area contributed by atoms with Crippen LogP contribution in [0.1, 0.15) is 0 Å². The van der Waals surface area contributed by atoms with Crippen LogP contribution in [0.2, 0.25) is 0 Å². The average molecular weight is 429 g/mol. The number of anilines is 1. The Morgan fingerprint density at radius 3 is 2.44 bits per heavy atom. The Hall–Kier alpha value is -3.92. The molecule has 0 N–H and O–H groups in total. The number of piperazine rings is 1. The van der Waals surface area contributed by atoms with Crippen LogP contribution in [0.15, 0.2) is 72.3 Å². The van der Waals surface area contributed by atoms with E-state index in [1.807, 2.05) is 24.4 Å². The van der Waals surface area contributed by atoms with Gasteiger partial charge >= 0.3 is 0 Å². The highest BCUT2D eigenvalue weighted by Crippen LogP contribution is 2.15. The first-order valence-corrected chi connectivity index (χ1v) is 10.5. The predicted molar refractivity (Wildman–Crippen MR) is 120 cm³/mol. The average Bonchev–Trinajstić information content (AvgIpc) is 3.40. The fourth-order valence-electron chi connectivity index (χ4n) is 3.74. The summed E-state index contributed by atoms with van der Waals surface area (Å²) in [6, 6.07) is 8.97. The van der Waals surface area contributed by atoms with Crippen molar-refractivity contribution < 1.29 is 0 Å². The standard InChI is InChI=1S/C22H23N9O/c32-22-3-2-19(18-4-7-23-8-5-18)27-31(22)15-12-28-10-13-29(14-11-28)20-16-24-17-21(26-20)30-9-1-6-25-30/h1-9,16-17H,10-15H2. The summed E-state index contributed by atoms with van der Waals surface area (Å²) in [6.07, 6.45) is 10.5. The van der Waals surface area contributed by atoms with Gasteiger partial charge in [0.25, 0.3) is 5.56 Å². The van der Waals surface area contributed by atoms with Gasteiger partial charge in [-0.25, -0.2) is 14.3 Å². The van der Waals surface area contributed by atoms with Crippen LogP contribution in [0.3, 0.4) is 0 Å². The molecule has 5 heterocycles. The lowest BCUT2D eigenvalue weighted by atomic mass is 10.2. The molecule has 0 aromatic carbocycles. The summed E-state index contributed by atoms with van der Waals surface area (Å²) < 4.78 is 3.25. The molecule has 1 aliphatic rings. The Labute approximate surface area is 184 Å². The van der Waals surface area contributed by atoms with Crippen LogP contribution in [0.4, 0.5) is 5.82 Å². The van der Waals surface area contributed by atoms with Crippen molar-refractivity contribution in [3.63, 3.8) is 0 Å². The third-order valence-corrected chi connectivity index (χ3v) is 5.52. The Morgan fingerprint density at radius 1 is 0.844 bits per heavy atom. The molecular weight excluding hydrogens is 406 g/mol. The van der Waals surface area contributed by atoms with E-state index in [-0.39, 0.29) is 5.56 Å². The zero-order valence-corrected chi connectivity index (χ0v) is 17.5. The molecule has 4 aromatic rings. The van der Waals surface area contributed by atoms with E-state index in [4.69, 9.17) is 4.98 Å². The molecule has 162 valence electrons. The predicted octanol–water partition coefficient (Wildman–Crippen LogP) is 1.10. The second-order valence-electron chi connectivity index (χ2n) is 7.53. The first-order valence-electron chi connectivity index (χ1n) is 10.5. The number of aromatic nitrogens is 7. The lowest BCUT2D eigenvalue weighted by Crippen LogP contribution is -2.48. The summed E-state index contributed by atoms with van der Waals surface area (Å²) >= 11 is 0. The summed E-state index contributed by atoms with van der Waals surface area (Å²) in [5, 5.41) is 8.76. The largest absolute Gasteiger partial charge is 0.353 e. The van der Waals surface area contributed by atoms with E-state index >= 15 is 0 Å². The topological polar surface area (TPSA) is 97.9 Å². The Bertz CT molecular complexity index is 1220. The van der Waals surface area contributed by atoms with Crippen molar-refractivity contribution in [2.75, 3.05) is 37.6 Å². The van der Waals surface area contributed by atoms with Gasteiger partial charge in [-0.3, -0.25) is 19.7 Å². The van der Waals surface area contributed by atoms with Crippen molar-refractivity contribution in [3.8, 4) is 17.1 Å². The van der Waals surface area contributed by atoms with Crippen LogP contribution in [-0.2, 0) is 6.54 Å². The molecule has 10 nitrogen and oxygen atoms in total. The molecule has 0 bridgehead atoms. The third-order valence-electron chi connectivity index (χ3n) is 5.52. The SMILES string of the molecule is O=c1ccc(-c2ccncc2)nn1CCN1CCN(c2cncc(-n3cccn3)n2)CC1. The maximum atomic E-state index is 12.3. The highest BCUT2D eigenvalue weighted by atomic mass is 16.1. The molecule has 32 heavy (non-hydrogen) atoms. The maximum absolute atomic E-state index is 12.3. The van der Waals surface area contributed by atoms with E-state index in [1.54, 1.807) is 52.5 Å². The van der Waals surface area contributed by atoms with Gasteiger partial charge in [0.2, 0.25) is 0 Å². The molecule has 0 atom stereocenters. The van der Waals surface area contributed by atoms with Crippen molar-refractivity contribution in [1.29, 1.82) is 0 Å². The molecular formula is C22H23N9O. The molecule has 1 fully saturated rings. The van der Waals surface area contributed by atoms with Crippen LogP contribution in [0, 0.1) is 0 Å². The molecule has 1 saturated heterocycles. The van der Waals surface area contributed by atoms with E-state index < -0.39 is 0 Å². The maximum Gasteiger partial charge on any atom is 0.266 e. The first-order chi connectivity index (χ1) is 15.8. The fraction of sp³-hybridized carbons (Fsp3) is 0.273. The van der Waals surface area contributed by atoms with Gasteiger partial charge in [0.05, 0.1) is 24.6 Å². The summed E-state index contributed by atoms with van der Waals surface area (Å²) in [6.45, 7) is 4.76. The molecule has 0 radical (unpaired) electrons. The molecule has 5 rings (SSSR count). The van der Waals surface area contributed by atoms with Crippen molar-refractivity contribution in [2.45, 2.75) is 6.54 Å². The highest BCUT2D eigenvalue weighted by molar-refractivity contribution is 5.57. The molecule has 4 aromatic heterocycles. The molecule has 0 aliphatic carbocycles. The minimum atomic E-state index is -0.0906. The number of hydrogen-bond donors (Lipinski definition) is 0. The Morgan fingerprint density at radius 2 is 1.66 bits per heavy atom. The molecule has 10 heteroatoms. The number of hydrogen-bond acceptors (Lipinski definition) is 8. The smallest absolute Gasteiger partial charge is 0.266 e. The van der Waals surface area contributed by atoms with Gasteiger partial charge in [-0.2, -0.15) is 10.2 Å². The number of rotatable bonds is 6. The molecule has 0 spiro atoms. The van der Waals surface area contributed by atoms with Crippen LogP contribution in [0.5, 0.6) is 0 Å². The van der Waals surface area contributed by atoms with E-state index in [0.717, 1.165) is 49.8 Å². The van der Waals surface area contributed by atoms with Gasteiger partial charge in [0, 0.05) is 69.1 Å². The Kier molecular flexibility index (Phi) is 5.67. The minimum Gasteiger partial charge on any atom is -0.353 e. The Balaban J connectivity index is 1.19. The lowest BCUT2D eigenvalue weighted by molar-refractivity contribution is 0.242. The zero-order chi connectivity index (χ0) is 21.8. The van der Waals surface area contributed by atoms with E-state index in [1.165, 1.54) is 0 Å². The van der Waals surface area contributed by atoms with Gasteiger partial charge in [-0.05, 0) is 24.3 Å². The lowest BCUT2D eigenvalue weighted by Gasteiger charge is -2.35. The van der Waals surface area contributed by atoms with Gasteiger partial charge in [-0.1, -0.05) is 0 Å². The zero-order valence-electron chi connectivity index (χ0n) is 17.5. The second-order valence-corrected chi connectivity index (χ2v) is 7.53. The van der Waals surface area contributed by atoms with Crippen LogP contribution < -0.4 is 10.5 Å². The van der Waals surface area contributed by atoms with Crippen molar-refractivity contribution in [3.05, 3.63) is 77.9 Å². The first kappa shape index (κ1) is 20.0. The highest BCUT2D eigenvalue weighted by Gasteiger charge is 2.19. The van der Waals surface area contributed by atoms with E-state index in [0.29, 0.717) is 12.4 Å². The van der Waals surface area contributed by atoms with Crippen molar-refractivity contribution >= 4 is 5.82 Å². The quantitative estimate of drug-likeness (QED) is 0.450. The summed E-state index contributed by atoms with van der Waals surface area (Å²) in [4.78, 5) is 29.9. The van der Waals surface area contributed by atoms with Crippen molar-refractivity contribution in [2.24, 2.45) is 0 Å². The van der Waals surface area contributed by atoms with Gasteiger partial charge in [0.1, 0.15) is 5.82 Å². The number of nitrogens with zero attached hydrogens (tertiary/aromatic N) is 9. The third kappa shape index (κ3) is 4.40. The summed E-state index contributed by atoms with van der Waals surface area (Å²) in [7, 11) is 0.